The zero-order valence-corrected chi connectivity index (χ0v) is 26.6. The predicted molar refractivity (Wildman–Crippen MR) is 158 cm³/mol. The molecule has 6 heteroatoms. The summed E-state index contributed by atoms with van der Waals surface area (Å²) in [6.07, 6.45) is 9.34. The van der Waals surface area contributed by atoms with Crippen LogP contribution in [0.3, 0.4) is 0 Å². The molecule has 0 aromatic carbocycles. The normalized spacial score (nSPS) is 47.1. The topological polar surface area (TPSA) is 101 Å². The van der Waals surface area contributed by atoms with Crippen molar-refractivity contribution in [3.05, 3.63) is 12.2 Å². The number of fused-ring (bicyclic) bond motifs is 7. The van der Waals surface area contributed by atoms with Gasteiger partial charge in [0.25, 0.3) is 0 Å². The van der Waals surface area contributed by atoms with Crippen molar-refractivity contribution in [2.24, 2.45) is 62.6 Å². The van der Waals surface area contributed by atoms with E-state index in [2.05, 4.69) is 48.1 Å². The number of aliphatic carboxylic acids is 2. The Labute approximate surface area is 247 Å². The summed E-state index contributed by atoms with van der Waals surface area (Å²) in [4.78, 5) is 36.9. The van der Waals surface area contributed by atoms with Crippen LogP contribution in [0.1, 0.15) is 119 Å². The van der Waals surface area contributed by atoms with E-state index in [0.717, 1.165) is 69.8 Å². The van der Waals surface area contributed by atoms with Crippen LogP contribution in [0.4, 0.5) is 0 Å². The molecule has 0 aromatic heterocycles. The van der Waals surface area contributed by atoms with Crippen molar-refractivity contribution in [3.8, 4) is 0 Å². The number of rotatable bonds is 6. The van der Waals surface area contributed by atoms with Gasteiger partial charge in [0, 0.05) is 5.41 Å². The maximum atomic E-state index is 12.9. The molecule has 6 nitrogen and oxygen atoms in total. The fraction of sp³-hybridized carbons (Fsp3) is 0.857. The fourth-order valence-corrected chi connectivity index (χ4v) is 12.3. The maximum Gasteiger partial charge on any atom is 0.309 e. The van der Waals surface area contributed by atoms with Gasteiger partial charge in [-0.1, -0.05) is 53.7 Å². The molecule has 41 heavy (non-hydrogen) atoms. The number of carboxylic acids is 2. The second kappa shape index (κ2) is 9.84. The first kappa shape index (κ1) is 30.6. The Balaban J connectivity index is 1.43. The number of allylic oxidation sites excluding steroid dienone is 1. The van der Waals surface area contributed by atoms with E-state index in [1.807, 2.05) is 0 Å². The number of hydrogen-bond acceptors (Lipinski definition) is 4. The molecule has 0 bridgehead atoms. The SMILES string of the molecule is C=C(C)[C@@H]1CC[C@]2(C(=O)O)CC[C@]3(C)[C@H](CC[C@@H]4[C@@]5(C)CC[C@H](OC(=O)[C@@H](C)CC(=O)O)C(C)(C)[C@@H]5CC[C@]43C)[C@@H]12. The average Bonchev–Trinajstić information content (AvgIpc) is 3.27. The van der Waals surface area contributed by atoms with Crippen molar-refractivity contribution in [3.63, 3.8) is 0 Å². The molecule has 5 aliphatic carbocycles. The van der Waals surface area contributed by atoms with E-state index in [9.17, 15) is 19.5 Å². The van der Waals surface area contributed by atoms with Crippen LogP contribution in [0.5, 0.6) is 0 Å². The molecule has 0 saturated heterocycles. The summed E-state index contributed by atoms with van der Waals surface area (Å²) in [5.41, 5.74) is 0.698. The standard InChI is InChI=1S/C35H54O6/c1-20(2)22-11-16-35(30(39)40)18-17-33(7)23(28(22)35)9-10-25-32(6)14-13-26(41-29(38)21(3)19-27(36)37)31(4,5)24(32)12-15-34(25,33)8/h21-26,28H,1,9-19H2,2-8H3,(H,36,37)(H,39,40)/t21-,22-,23+,24-,25+,26-,28+,32-,33+,34+,35-/m0/s1. The lowest BCUT2D eigenvalue weighted by atomic mass is 9.32. The Hall–Kier alpha value is -1.85. The highest BCUT2D eigenvalue weighted by Crippen LogP contribution is 2.77. The summed E-state index contributed by atoms with van der Waals surface area (Å²) in [5.74, 6) is -0.766. The number of carbonyl (C=O) groups is 3. The van der Waals surface area contributed by atoms with Crippen molar-refractivity contribution in [1.29, 1.82) is 0 Å². The molecule has 5 aliphatic rings. The Bertz CT molecular complexity index is 1130. The first-order chi connectivity index (χ1) is 19.0. The van der Waals surface area contributed by atoms with Crippen molar-refractivity contribution >= 4 is 17.9 Å². The van der Waals surface area contributed by atoms with Gasteiger partial charge in [0.2, 0.25) is 0 Å². The van der Waals surface area contributed by atoms with E-state index in [0.29, 0.717) is 23.7 Å². The second-order valence-electron chi connectivity index (χ2n) is 16.4. The number of esters is 1. The van der Waals surface area contributed by atoms with E-state index in [1.54, 1.807) is 6.92 Å². The molecule has 0 amide bonds. The van der Waals surface area contributed by atoms with Crippen LogP contribution in [0, 0.1) is 62.6 Å². The first-order valence-electron chi connectivity index (χ1n) is 16.3. The molecule has 0 unspecified atom stereocenters. The largest absolute Gasteiger partial charge is 0.481 e. The Morgan fingerprint density at radius 2 is 1.54 bits per heavy atom. The highest BCUT2D eigenvalue weighted by Gasteiger charge is 2.72. The van der Waals surface area contributed by atoms with Crippen molar-refractivity contribution in [2.45, 2.75) is 125 Å². The molecule has 0 heterocycles. The molecule has 5 saturated carbocycles. The maximum absolute atomic E-state index is 12.9. The van der Waals surface area contributed by atoms with Gasteiger partial charge in [-0.25, -0.2) is 0 Å². The Morgan fingerprint density at radius 3 is 2.15 bits per heavy atom. The number of hydrogen-bond donors (Lipinski definition) is 2. The predicted octanol–water partition coefficient (Wildman–Crippen LogP) is 7.75. The number of carboxylic acid groups (broad SMARTS) is 2. The monoisotopic (exact) mass is 570 g/mol. The van der Waals surface area contributed by atoms with Gasteiger partial charge in [-0.2, -0.15) is 0 Å². The van der Waals surface area contributed by atoms with Gasteiger partial charge in [-0.3, -0.25) is 14.4 Å². The minimum atomic E-state index is -0.976. The molecular weight excluding hydrogens is 516 g/mol. The smallest absolute Gasteiger partial charge is 0.309 e. The van der Waals surface area contributed by atoms with Crippen LogP contribution < -0.4 is 0 Å². The molecule has 0 aromatic rings. The van der Waals surface area contributed by atoms with Gasteiger partial charge in [0.05, 0.1) is 17.8 Å². The van der Waals surface area contributed by atoms with E-state index in [1.165, 1.54) is 0 Å². The van der Waals surface area contributed by atoms with Crippen molar-refractivity contribution in [2.75, 3.05) is 0 Å². The summed E-state index contributed by atoms with van der Waals surface area (Å²) in [6, 6.07) is 0. The third-order valence-corrected chi connectivity index (χ3v) is 14.6. The lowest BCUT2D eigenvalue weighted by molar-refractivity contribution is -0.250. The number of ether oxygens (including phenoxy) is 1. The Morgan fingerprint density at radius 1 is 0.854 bits per heavy atom. The summed E-state index contributed by atoms with van der Waals surface area (Å²) in [6.45, 7) is 20.2. The van der Waals surface area contributed by atoms with Crippen LogP contribution in [0.15, 0.2) is 12.2 Å². The fourth-order valence-electron chi connectivity index (χ4n) is 12.3. The summed E-state index contributed by atoms with van der Waals surface area (Å²) in [5, 5.41) is 19.8. The van der Waals surface area contributed by atoms with E-state index < -0.39 is 29.2 Å². The van der Waals surface area contributed by atoms with Crippen molar-refractivity contribution in [1.82, 2.24) is 0 Å². The molecule has 0 spiro atoms. The molecule has 0 radical (unpaired) electrons. The molecule has 5 rings (SSSR count). The summed E-state index contributed by atoms with van der Waals surface area (Å²) in [7, 11) is 0. The highest BCUT2D eigenvalue weighted by atomic mass is 16.5. The molecule has 2 N–H and O–H groups in total. The zero-order valence-electron chi connectivity index (χ0n) is 26.6. The van der Waals surface area contributed by atoms with Gasteiger partial charge in [-0.05, 0) is 117 Å². The molecular formula is C35H54O6. The molecule has 230 valence electrons. The van der Waals surface area contributed by atoms with Gasteiger partial charge < -0.3 is 14.9 Å². The molecule has 0 aliphatic heterocycles. The minimum Gasteiger partial charge on any atom is -0.481 e. The van der Waals surface area contributed by atoms with E-state index in [-0.39, 0.29) is 40.1 Å². The quantitative estimate of drug-likeness (QED) is 0.250. The van der Waals surface area contributed by atoms with Crippen LogP contribution in [-0.2, 0) is 19.1 Å². The lowest BCUT2D eigenvalue weighted by Crippen LogP contribution is -2.67. The van der Waals surface area contributed by atoms with E-state index in [4.69, 9.17) is 9.84 Å². The third kappa shape index (κ3) is 4.18. The summed E-state index contributed by atoms with van der Waals surface area (Å²) < 4.78 is 6.08. The second-order valence-corrected chi connectivity index (χ2v) is 16.4. The van der Waals surface area contributed by atoms with Gasteiger partial charge >= 0.3 is 17.9 Å². The van der Waals surface area contributed by atoms with Crippen LogP contribution in [-0.4, -0.2) is 34.2 Å². The Kier molecular flexibility index (Phi) is 7.34. The first-order valence-corrected chi connectivity index (χ1v) is 16.3. The number of carbonyl (C=O) groups excluding carboxylic acids is 1. The van der Waals surface area contributed by atoms with Crippen LogP contribution in [0.2, 0.25) is 0 Å². The average molecular weight is 571 g/mol. The van der Waals surface area contributed by atoms with E-state index >= 15 is 0 Å². The lowest BCUT2D eigenvalue weighted by Gasteiger charge is -2.72. The molecule has 11 atom stereocenters. The van der Waals surface area contributed by atoms with Gasteiger partial charge in [-0.15, -0.1) is 0 Å². The minimum absolute atomic E-state index is 0.0886. The molecule has 5 fully saturated rings. The highest BCUT2D eigenvalue weighted by molar-refractivity contribution is 5.79. The third-order valence-electron chi connectivity index (χ3n) is 14.6. The van der Waals surface area contributed by atoms with Crippen LogP contribution in [0.25, 0.3) is 0 Å². The van der Waals surface area contributed by atoms with Crippen LogP contribution >= 0.6 is 0 Å². The van der Waals surface area contributed by atoms with Crippen molar-refractivity contribution < 1.29 is 29.3 Å². The van der Waals surface area contributed by atoms with Gasteiger partial charge in [0.1, 0.15) is 6.10 Å². The summed E-state index contributed by atoms with van der Waals surface area (Å²) >= 11 is 0. The zero-order chi connectivity index (χ0) is 30.3. The van der Waals surface area contributed by atoms with Gasteiger partial charge in [0.15, 0.2) is 0 Å².